The number of carbonyl (C=O) groups excluding carboxylic acids is 1. The highest BCUT2D eigenvalue weighted by molar-refractivity contribution is 7.91. The second-order valence-electron chi connectivity index (χ2n) is 6.61. The molecule has 27 heavy (non-hydrogen) atoms. The summed E-state index contributed by atoms with van der Waals surface area (Å²) in [5.74, 6) is -0.105. The number of rotatable bonds is 4. The predicted molar refractivity (Wildman–Crippen MR) is 108 cm³/mol. The number of thiophene rings is 1. The molecule has 0 spiro atoms. The molecule has 1 aliphatic heterocycles. The summed E-state index contributed by atoms with van der Waals surface area (Å²) in [7, 11) is -3.41. The Hall–Kier alpha value is -2.22. The van der Waals surface area contributed by atoms with E-state index in [0.29, 0.717) is 35.7 Å². The smallest absolute Gasteiger partial charge is 0.252 e. The van der Waals surface area contributed by atoms with E-state index in [1.165, 1.54) is 15.6 Å². The van der Waals surface area contributed by atoms with Crippen molar-refractivity contribution in [1.82, 2.24) is 9.62 Å². The fourth-order valence-corrected chi connectivity index (χ4v) is 6.08. The Morgan fingerprint density at radius 3 is 2.48 bits per heavy atom. The first kappa shape index (κ1) is 18.2. The first-order valence-corrected chi connectivity index (χ1v) is 11.2. The summed E-state index contributed by atoms with van der Waals surface area (Å²) in [6.07, 6.45) is 1.22. The van der Waals surface area contributed by atoms with Crippen LogP contribution in [0.4, 0.5) is 0 Å². The van der Waals surface area contributed by atoms with Crippen LogP contribution in [0.5, 0.6) is 0 Å². The molecule has 0 atom stereocenters. The van der Waals surface area contributed by atoms with Crippen molar-refractivity contribution in [2.24, 2.45) is 0 Å². The van der Waals surface area contributed by atoms with Crippen LogP contribution in [0.1, 0.15) is 23.2 Å². The van der Waals surface area contributed by atoms with E-state index in [1.54, 1.807) is 17.5 Å². The zero-order chi connectivity index (χ0) is 18.9. The maximum Gasteiger partial charge on any atom is 0.252 e. The van der Waals surface area contributed by atoms with Gasteiger partial charge in [-0.25, -0.2) is 8.42 Å². The van der Waals surface area contributed by atoms with Crippen LogP contribution < -0.4 is 5.32 Å². The van der Waals surface area contributed by atoms with Crippen molar-refractivity contribution in [3.63, 3.8) is 0 Å². The van der Waals surface area contributed by atoms with E-state index < -0.39 is 10.0 Å². The molecule has 2 aromatic carbocycles. The zero-order valence-electron chi connectivity index (χ0n) is 14.7. The number of amides is 1. The average Bonchev–Trinajstić information content (AvgIpc) is 3.24. The van der Waals surface area contributed by atoms with Crippen molar-refractivity contribution >= 4 is 38.0 Å². The molecular formula is C20H20N2O3S2. The van der Waals surface area contributed by atoms with Crippen LogP contribution in [0.3, 0.4) is 0 Å². The number of fused-ring (bicyclic) bond motifs is 1. The lowest BCUT2D eigenvalue weighted by molar-refractivity contribution is 0.0925. The van der Waals surface area contributed by atoms with Crippen molar-refractivity contribution in [3.8, 4) is 0 Å². The average molecular weight is 401 g/mol. The summed E-state index contributed by atoms with van der Waals surface area (Å²) >= 11 is 1.23. The molecule has 1 aliphatic rings. The van der Waals surface area contributed by atoms with Gasteiger partial charge in [-0.15, -0.1) is 11.3 Å². The van der Waals surface area contributed by atoms with Gasteiger partial charge >= 0.3 is 0 Å². The van der Waals surface area contributed by atoms with Gasteiger partial charge in [0, 0.05) is 24.7 Å². The minimum absolute atomic E-state index is 0.0220. The monoisotopic (exact) mass is 400 g/mol. The molecule has 1 N–H and O–H groups in total. The number of hydrogen-bond acceptors (Lipinski definition) is 4. The van der Waals surface area contributed by atoms with Gasteiger partial charge in [0.25, 0.3) is 15.9 Å². The fraction of sp³-hybridized carbons (Fsp3) is 0.250. The van der Waals surface area contributed by atoms with Crippen molar-refractivity contribution in [2.45, 2.75) is 23.1 Å². The van der Waals surface area contributed by atoms with Crippen LogP contribution in [0.15, 0.2) is 64.2 Å². The normalized spacial score (nSPS) is 16.4. The standard InChI is InChI=1S/C20H20N2O3S2/c23-20(18-8-3-6-15-5-1-2-7-17(15)18)21-16-10-12-22(13-11-16)27(24,25)19-9-4-14-26-19/h1-9,14,16H,10-13H2,(H,21,23). The van der Waals surface area contributed by atoms with Gasteiger partial charge in [0.15, 0.2) is 0 Å². The molecule has 1 aromatic heterocycles. The third-order valence-corrected chi connectivity index (χ3v) is 8.18. The van der Waals surface area contributed by atoms with E-state index in [9.17, 15) is 13.2 Å². The molecule has 4 rings (SSSR count). The SMILES string of the molecule is O=C(NC1CCN(S(=O)(=O)c2cccs2)CC1)c1cccc2ccccc12. The Bertz CT molecular complexity index is 1050. The number of nitrogens with zero attached hydrogens (tertiary/aromatic N) is 1. The highest BCUT2D eigenvalue weighted by Crippen LogP contribution is 2.25. The van der Waals surface area contributed by atoms with Crippen molar-refractivity contribution in [3.05, 3.63) is 65.5 Å². The lowest BCUT2D eigenvalue weighted by atomic mass is 10.0. The molecular weight excluding hydrogens is 380 g/mol. The van der Waals surface area contributed by atoms with Crippen LogP contribution in [0.2, 0.25) is 0 Å². The van der Waals surface area contributed by atoms with Crippen molar-refractivity contribution in [2.75, 3.05) is 13.1 Å². The minimum Gasteiger partial charge on any atom is -0.349 e. The number of carbonyl (C=O) groups is 1. The Labute approximate surface area is 162 Å². The molecule has 7 heteroatoms. The predicted octanol–water partition coefficient (Wildman–Crippen LogP) is 3.48. The van der Waals surface area contributed by atoms with Gasteiger partial charge in [-0.1, -0.05) is 42.5 Å². The van der Waals surface area contributed by atoms with Gasteiger partial charge in [-0.05, 0) is 41.1 Å². The molecule has 0 aliphatic carbocycles. The van der Waals surface area contributed by atoms with E-state index in [2.05, 4.69) is 5.32 Å². The van der Waals surface area contributed by atoms with Crippen LogP contribution in [0, 0.1) is 0 Å². The van der Waals surface area contributed by atoms with Crippen LogP contribution >= 0.6 is 11.3 Å². The van der Waals surface area contributed by atoms with Crippen LogP contribution in [-0.4, -0.2) is 37.8 Å². The summed E-state index contributed by atoms with van der Waals surface area (Å²) in [5.41, 5.74) is 0.654. The highest BCUT2D eigenvalue weighted by Gasteiger charge is 2.30. The van der Waals surface area contributed by atoms with E-state index in [4.69, 9.17) is 0 Å². The van der Waals surface area contributed by atoms with Gasteiger partial charge in [-0.3, -0.25) is 4.79 Å². The summed E-state index contributed by atoms with van der Waals surface area (Å²) < 4.78 is 27.1. The molecule has 1 saturated heterocycles. The Kier molecular flexibility index (Phi) is 4.99. The Morgan fingerprint density at radius 2 is 1.74 bits per heavy atom. The maximum absolute atomic E-state index is 12.8. The zero-order valence-corrected chi connectivity index (χ0v) is 16.3. The molecule has 140 valence electrons. The molecule has 3 aromatic rings. The number of nitrogens with one attached hydrogen (secondary N) is 1. The van der Waals surface area contributed by atoms with E-state index in [-0.39, 0.29) is 11.9 Å². The molecule has 2 heterocycles. The van der Waals surface area contributed by atoms with E-state index >= 15 is 0 Å². The molecule has 5 nitrogen and oxygen atoms in total. The number of hydrogen-bond donors (Lipinski definition) is 1. The van der Waals surface area contributed by atoms with Gasteiger partial charge in [0.05, 0.1) is 0 Å². The molecule has 0 bridgehead atoms. The van der Waals surface area contributed by atoms with Crippen molar-refractivity contribution in [1.29, 1.82) is 0 Å². The van der Waals surface area contributed by atoms with E-state index in [0.717, 1.165) is 10.8 Å². The molecule has 0 saturated carbocycles. The van der Waals surface area contributed by atoms with Crippen molar-refractivity contribution < 1.29 is 13.2 Å². The lowest BCUT2D eigenvalue weighted by Crippen LogP contribution is -2.46. The van der Waals surface area contributed by atoms with Crippen LogP contribution in [0.25, 0.3) is 10.8 Å². The Morgan fingerprint density at radius 1 is 1.00 bits per heavy atom. The summed E-state index contributed by atoms with van der Waals surface area (Å²) in [6, 6.07) is 16.9. The topological polar surface area (TPSA) is 66.5 Å². The highest BCUT2D eigenvalue weighted by atomic mass is 32.2. The molecule has 1 amide bonds. The Balaban J connectivity index is 1.43. The number of benzene rings is 2. The second kappa shape index (κ2) is 7.42. The maximum atomic E-state index is 12.8. The molecule has 0 unspecified atom stereocenters. The summed E-state index contributed by atoms with van der Waals surface area (Å²) in [4.78, 5) is 12.8. The molecule has 1 fully saturated rings. The second-order valence-corrected chi connectivity index (χ2v) is 9.72. The van der Waals surface area contributed by atoms with Crippen LogP contribution in [-0.2, 0) is 10.0 Å². The number of sulfonamides is 1. The van der Waals surface area contributed by atoms with E-state index in [1.807, 2.05) is 42.5 Å². The van der Waals surface area contributed by atoms with Gasteiger partial charge in [0.2, 0.25) is 0 Å². The fourth-order valence-electron chi connectivity index (χ4n) is 3.46. The summed E-state index contributed by atoms with van der Waals surface area (Å²) in [6.45, 7) is 0.835. The lowest BCUT2D eigenvalue weighted by Gasteiger charge is -2.31. The first-order chi connectivity index (χ1) is 13.1. The summed E-state index contributed by atoms with van der Waals surface area (Å²) in [5, 5.41) is 6.80. The third kappa shape index (κ3) is 3.63. The molecule has 0 radical (unpaired) electrons. The largest absolute Gasteiger partial charge is 0.349 e. The minimum atomic E-state index is -3.41. The quantitative estimate of drug-likeness (QED) is 0.729. The first-order valence-electron chi connectivity index (χ1n) is 8.88. The van der Waals surface area contributed by atoms with Gasteiger partial charge in [0.1, 0.15) is 4.21 Å². The number of piperidine rings is 1. The van der Waals surface area contributed by atoms with Gasteiger partial charge < -0.3 is 5.32 Å². The van der Waals surface area contributed by atoms with Gasteiger partial charge in [-0.2, -0.15) is 4.31 Å². The third-order valence-electron chi connectivity index (χ3n) is 4.91.